The second kappa shape index (κ2) is 5.87. The number of nitrogens with zero attached hydrogens (tertiary/aromatic N) is 4. The van der Waals surface area contributed by atoms with Crippen molar-refractivity contribution in [3.63, 3.8) is 0 Å². The standard InChI is InChI=1S/C10H17N5S/c1-7(2)12-9(5-11)6-16-10-14-13-8(3)15(10)4/h7,9,12H,6H2,1-4H3. The van der Waals surface area contributed by atoms with Gasteiger partial charge in [0.05, 0.1) is 6.07 Å². The molecule has 1 rings (SSSR count). The molecular weight excluding hydrogens is 222 g/mol. The van der Waals surface area contributed by atoms with Gasteiger partial charge >= 0.3 is 0 Å². The van der Waals surface area contributed by atoms with Crippen molar-refractivity contribution < 1.29 is 0 Å². The summed E-state index contributed by atoms with van der Waals surface area (Å²) in [6, 6.07) is 2.40. The van der Waals surface area contributed by atoms with Crippen molar-refractivity contribution >= 4 is 11.8 Å². The monoisotopic (exact) mass is 239 g/mol. The van der Waals surface area contributed by atoms with Crippen LogP contribution in [0.1, 0.15) is 19.7 Å². The molecule has 1 aromatic rings. The third-order valence-corrected chi connectivity index (χ3v) is 3.24. The Morgan fingerprint density at radius 2 is 2.19 bits per heavy atom. The number of aryl methyl sites for hydroxylation is 1. The molecular formula is C10H17N5S. The molecule has 0 radical (unpaired) electrons. The summed E-state index contributed by atoms with van der Waals surface area (Å²) >= 11 is 1.55. The van der Waals surface area contributed by atoms with Gasteiger partial charge in [-0.3, -0.25) is 5.32 Å². The first-order valence-corrected chi connectivity index (χ1v) is 6.17. The zero-order valence-corrected chi connectivity index (χ0v) is 10.9. The van der Waals surface area contributed by atoms with Crippen molar-refractivity contribution in [3.8, 4) is 6.07 Å². The predicted molar refractivity (Wildman–Crippen MR) is 64.1 cm³/mol. The number of hydrogen-bond donors (Lipinski definition) is 1. The van der Waals surface area contributed by atoms with Crippen LogP contribution in [0.4, 0.5) is 0 Å². The number of thioether (sulfide) groups is 1. The molecule has 1 unspecified atom stereocenters. The maximum absolute atomic E-state index is 8.96. The first-order valence-electron chi connectivity index (χ1n) is 5.19. The zero-order chi connectivity index (χ0) is 12.1. The van der Waals surface area contributed by atoms with Crippen LogP contribution >= 0.6 is 11.8 Å². The summed E-state index contributed by atoms with van der Waals surface area (Å²) in [4.78, 5) is 0. The molecule has 0 spiro atoms. The summed E-state index contributed by atoms with van der Waals surface area (Å²) in [5.74, 6) is 1.56. The van der Waals surface area contributed by atoms with Crippen molar-refractivity contribution in [1.82, 2.24) is 20.1 Å². The van der Waals surface area contributed by atoms with Crippen molar-refractivity contribution in [2.45, 2.75) is 38.0 Å². The van der Waals surface area contributed by atoms with Gasteiger partial charge in [-0.1, -0.05) is 11.8 Å². The fourth-order valence-corrected chi connectivity index (χ4v) is 2.11. The van der Waals surface area contributed by atoms with Crippen LogP contribution in [0, 0.1) is 18.3 Å². The summed E-state index contributed by atoms with van der Waals surface area (Å²) in [7, 11) is 1.93. The van der Waals surface area contributed by atoms with Crippen molar-refractivity contribution in [1.29, 1.82) is 5.26 Å². The third-order valence-electron chi connectivity index (χ3n) is 2.12. The van der Waals surface area contributed by atoms with E-state index in [-0.39, 0.29) is 6.04 Å². The van der Waals surface area contributed by atoms with Gasteiger partial charge in [0.25, 0.3) is 0 Å². The maximum Gasteiger partial charge on any atom is 0.191 e. The number of nitrogens with one attached hydrogen (secondary N) is 1. The fraction of sp³-hybridized carbons (Fsp3) is 0.700. The Hall–Kier alpha value is -1.06. The zero-order valence-electron chi connectivity index (χ0n) is 10.1. The largest absolute Gasteiger partial charge is 0.309 e. The van der Waals surface area contributed by atoms with Crippen molar-refractivity contribution in [3.05, 3.63) is 5.82 Å². The number of rotatable bonds is 5. The van der Waals surface area contributed by atoms with Gasteiger partial charge in [-0.15, -0.1) is 10.2 Å². The minimum atomic E-state index is -0.151. The van der Waals surface area contributed by atoms with Gasteiger partial charge in [0.15, 0.2) is 5.16 Å². The second-order valence-corrected chi connectivity index (χ2v) is 4.89. The van der Waals surface area contributed by atoms with Gasteiger partial charge < -0.3 is 4.57 Å². The Kier molecular flexibility index (Phi) is 4.77. The lowest BCUT2D eigenvalue weighted by Gasteiger charge is -2.13. The first-order chi connectivity index (χ1) is 7.54. The lowest BCUT2D eigenvalue weighted by molar-refractivity contribution is 0.560. The Morgan fingerprint density at radius 3 is 2.62 bits per heavy atom. The molecule has 0 saturated heterocycles. The average Bonchev–Trinajstić information content (AvgIpc) is 2.54. The molecule has 0 aliphatic heterocycles. The lowest BCUT2D eigenvalue weighted by Crippen LogP contribution is -2.35. The highest BCUT2D eigenvalue weighted by molar-refractivity contribution is 7.99. The Bertz CT molecular complexity index is 379. The van der Waals surface area contributed by atoms with E-state index in [4.69, 9.17) is 5.26 Å². The Labute approximate surface area is 100 Å². The number of nitriles is 1. The predicted octanol–water partition coefficient (Wildman–Crippen LogP) is 1.11. The van der Waals surface area contributed by atoms with Crippen LogP contribution in [0.3, 0.4) is 0 Å². The molecule has 0 amide bonds. The number of hydrogen-bond acceptors (Lipinski definition) is 5. The van der Waals surface area contributed by atoms with Gasteiger partial charge in [-0.05, 0) is 20.8 Å². The summed E-state index contributed by atoms with van der Waals surface area (Å²) < 4.78 is 1.93. The van der Waals surface area contributed by atoms with Gasteiger partial charge in [-0.25, -0.2) is 0 Å². The molecule has 5 nitrogen and oxygen atoms in total. The maximum atomic E-state index is 8.96. The number of aromatic nitrogens is 3. The van der Waals surface area contributed by atoms with E-state index in [9.17, 15) is 0 Å². The highest BCUT2D eigenvalue weighted by Crippen LogP contribution is 2.16. The molecule has 88 valence electrons. The van der Waals surface area contributed by atoms with Gasteiger partial charge in [0.1, 0.15) is 11.9 Å². The minimum absolute atomic E-state index is 0.151. The van der Waals surface area contributed by atoms with Gasteiger partial charge in [-0.2, -0.15) is 5.26 Å². The molecule has 16 heavy (non-hydrogen) atoms. The highest BCUT2D eigenvalue weighted by atomic mass is 32.2. The molecule has 1 N–H and O–H groups in total. The molecule has 1 heterocycles. The van der Waals surface area contributed by atoms with E-state index < -0.39 is 0 Å². The molecule has 0 fully saturated rings. The van der Waals surface area contributed by atoms with E-state index in [1.807, 2.05) is 32.4 Å². The van der Waals surface area contributed by atoms with E-state index in [2.05, 4.69) is 21.6 Å². The smallest absolute Gasteiger partial charge is 0.191 e. The van der Waals surface area contributed by atoms with Crippen LogP contribution in [0.25, 0.3) is 0 Å². The average molecular weight is 239 g/mol. The van der Waals surface area contributed by atoms with Gasteiger partial charge in [0.2, 0.25) is 0 Å². The van der Waals surface area contributed by atoms with Crippen LogP contribution in [-0.2, 0) is 7.05 Å². The first kappa shape index (κ1) is 13.0. The van der Waals surface area contributed by atoms with E-state index in [0.29, 0.717) is 11.8 Å². The molecule has 0 bridgehead atoms. The summed E-state index contributed by atoms with van der Waals surface area (Å²) in [5.41, 5.74) is 0. The van der Waals surface area contributed by atoms with Crippen LogP contribution in [0.2, 0.25) is 0 Å². The molecule has 1 aromatic heterocycles. The van der Waals surface area contributed by atoms with Crippen molar-refractivity contribution in [2.24, 2.45) is 7.05 Å². The Balaban J connectivity index is 2.50. The molecule has 0 aliphatic carbocycles. The summed E-state index contributed by atoms with van der Waals surface area (Å²) in [6.07, 6.45) is 0. The quantitative estimate of drug-likeness (QED) is 0.780. The van der Waals surface area contributed by atoms with E-state index in [1.54, 1.807) is 11.8 Å². The minimum Gasteiger partial charge on any atom is -0.309 e. The Morgan fingerprint density at radius 1 is 1.50 bits per heavy atom. The van der Waals surface area contributed by atoms with E-state index in [1.165, 1.54) is 0 Å². The van der Waals surface area contributed by atoms with Crippen LogP contribution in [-0.4, -0.2) is 32.6 Å². The molecule has 1 atom stereocenters. The fourth-order valence-electron chi connectivity index (χ4n) is 1.20. The normalized spacial score (nSPS) is 12.8. The van der Waals surface area contributed by atoms with E-state index in [0.717, 1.165) is 11.0 Å². The van der Waals surface area contributed by atoms with Gasteiger partial charge in [0, 0.05) is 18.8 Å². The SMILES string of the molecule is Cc1nnc(SCC(C#N)NC(C)C)n1C. The summed E-state index contributed by atoms with van der Waals surface area (Å²) in [5, 5.41) is 21.0. The van der Waals surface area contributed by atoms with E-state index >= 15 is 0 Å². The van der Waals surface area contributed by atoms with Crippen LogP contribution < -0.4 is 5.32 Å². The molecule has 0 saturated carbocycles. The molecule has 0 aromatic carbocycles. The highest BCUT2D eigenvalue weighted by Gasteiger charge is 2.12. The van der Waals surface area contributed by atoms with Crippen molar-refractivity contribution in [2.75, 3.05) is 5.75 Å². The third kappa shape index (κ3) is 3.51. The topological polar surface area (TPSA) is 66.5 Å². The van der Waals surface area contributed by atoms with Crippen LogP contribution in [0.15, 0.2) is 5.16 Å². The second-order valence-electron chi connectivity index (χ2n) is 3.90. The molecule has 0 aliphatic rings. The van der Waals surface area contributed by atoms with Crippen LogP contribution in [0.5, 0.6) is 0 Å². The lowest BCUT2D eigenvalue weighted by atomic mass is 10.3. The summed E-state index contributed by atoms with van der Waals surface area (Å²) in [6.45, 7) is 5.97. The molecule has 6 heteroatoms.